The number of amides is 1. The molecule has 0 atom stereocenters. The number of rotatable bonds is 3. The first-order chi connectivity index (χ1) is 10.0. The zero-order chi connectivity index (χ0) is 15.0. The quantitative estimate of drug-likeness (QED) is 0.891. The molecule has 3 rings (SSSR count). The van der Waals surface area contributed by atoms with E-state index in [9.17, 15) is 14.4 Å². The lowest BCUT2D eigenvalue weighted by Gasteiger charge is -2.12. The van der Waals surface area contributed by atoms with E-state index in [2.05, 4.69) is 10.3 Å². The fraction of sp³-hybridized carbons (Fsp3) is 0.500. The highest BCUT2D eigenvalue weighted by Crippen LogP contribution is 2.19. The highest BCUT2D eigenvalue weighted by Gasteiger charge is 2.18. The minimum Gasteiger partial charge on any atom is -0.352 e. The number of aryl methyl sites for hydroxylation is 1. The number of carbonyl (C=O) groups excluding carboxylic acids is 1. The Hall–Kier alpha value is -1.89. The molecule has 2 heterocycles. The van der Waals surface area contributed by atoms with E-state index in [0.29, 0.717) is 10.2 Å². The molecule has 0 bridgehead atoms. The summed E-state index contributed by atoms with van der Waals surface area (Å²) in [5, 5.41) is 3.35. The van der Waals surface area contributed by atoms with Gasteiger partial charge in [-0.05, 0) is 25.8 Å². The van der Waals surface area contributed by atoms with Gasteiger partial charge in [-0.1, -0.05) is 12.8 Å². The smallest absolute Gasteiger partial charge is 0.329 e. The maximum Gasteiger partial charge on any atom is 0.329 e. The number of H-pyrrole nitrogens is 1. The third-order valence-electron chi connectivity index (χ3n) is 3.82. The molecule has 0 spiro atoms. The molecule has 0 saturated heterocycles. The Labute approximate surface area is 124 Å². The van der Waals surface area contributed by atoms with E-state index in [1.165, 1.54) is 11.3 Å². The second kappa shape index (κ2) is 5.48. The van der Waals surface area contributed by atoms with Gasteiger partial charge in [-0.25, -0.2) is 4.79 Å². The van der Waals surface area contributed by atoms with Gasteiger partial charge in [-0.2, -0.15) is 0 Å². The summed E-state index contributed by atoms with van der Waals surface area (Å²) in [6.07, 6.45) is 4.18. The van der Waals surface area contributed by atoms with Crippen LogP contribution in [0, 0.1) is 6.92 Å². The van der Waals surface area contributed by atoms with Gasteiger partial charge in [0, 0.05) is 10.9 Å². The molecule has 0 unspecified atom stereocenters. The van der Waals surface area contributed by atoms with E-state index in [1.54, 1.807) is 6.07 Å². The van der Waals surface area contributed by atoms with E-state index < -0.39 is 11.2 Å². The number of fused-ring (bicyclic) bond motifs is 1. The largest absolute Gasteiger partial charge is 0.352 e. The maximum atomic E-state index is 12.3. The molecule has 2 aromatic heterocycles. The first-order valence-electron chi connectivity index (χ1n) is 7.07. The van der Waals surface area contributed by atoms with Crippen LogP contribution in [0.4, 0.5) is 0 Å². The molecular weight excluding hydrogens is 290 g/mol. The molecule has 21 heavy (non-hydrogen) atoms. The number of aromatic nitrogens is 2. The number of hydrogen-bond donors (Lipinski definition) is 2. The van der Waals surface area contributed by atoms with Gasteiger partial charge >= 0.3 is 5.69 Å². The van der Waals surface area contributed by atoms with Crippen LogP contribution < -0.4 is 16.6 Å². The van der Waals surface area contributed by atoms with Gasteiger partial charge in [0.15, 0.2) is 0 Å². The molecular formula is C14H17N3O3S. The summed E-state index contributed by atoms with van der Waals surface area (Å²) in [5.74, 6) is -0.277. The Kier molecular flexibility index (Phi) is 3.67. The number of carbonyl (C=O) groups is 1. The van der Waals surface area contributed by atoms with Gasteiger partial charge in [0.2, 0.25) is 5.91 Å². The van der Waals surface area contributed by atoms with Crippen LogP contribution in [0.3, 0.4) is 0 Å². The molecule has 112 valence electrons. The lowest BCUT2D eigenvalue weighted by molar-refractivity contribution is -0.122. The van der Waals surface area contributed by atoms with Crippen molar-refractivity contribution < 1.29 is 4.79 Å². The highest BCUT2D eigenvalue weighted by atomic mass is 32.1. The van der Waals surface area contributed by atoms with Crippen LogP contribution >= 0.6 is 11.3 Å². The van der Waals surface area contributed by atoms with Crippen LogP contribution in [0.5, 0.6) is 0 Å². The van der Waals surface area contributed by atoms with Crippen molar-refractivity contribution in [2.45, 2.75) is 45.2 Å². The number of nitrogens with zero attached hydrogens (tertiary/aromatic N) is 1. The molecule has 1 saturated carbocycles. The summed E-state index contributed by atoms with van der Waals surface area (Å²) in [4.78, 5) is 40.4. The number of aromatic amines is 1. The average molecular weight is 307 g/mol. The van der Waals surface area contributed by atoms with Gasteiger partial charge in [0.1, 0.15) is 11.4 Å². The zero-order valence-electron chi connectivity index (χ0n) is 11.8. The summed E-state index contributed by atoms with van der Waals surface area (Å²) in [6, 6.07) is 1.92. The minimum atomic E-state index is -0.532. The Morgan fingerprint density at radius 2 is 2.14 bits per heavy atom. The standard InChI is InChI=1S/C14H17N3O3S/c1-8-6-10-12(21-8)16-14(20)17(13(10)19)7-11(18)15-9-4-2-3-5-9/h6,9H,2-5,7H2,1H3,(H,15,18)(H,16,20). The molecule has 2 aromatic rings. The second-order valence-electron chi connectivity index (χ2n) is 5.47. The van der Waals surface area contributed by atoms with Crippen LogP contribution in [0.25, 0.3) is 10.2 Å². The van der Waals surface area contributed by atoms with Crippen molar-refractivity contribution in [1.29, 1.82) is 0 Å². The molecule has 1 aliphatic carbocycles. The second-order valence-corrected chi connectivity index (χ2v) is 6.73. The molecule has 7 heteroatoms. The minimum absolute atomic E-state index is 0.180. The molecule has 1 amide bonds. The lowest BCUT2D eigenvalue weighted by Crippen LogP contribution is -2.42. The van der Waals surface area contributed by atoms with Crippen molar-refractivity contribution in [3.05, 3.63) is 31.8 Å². The summed E-state index contributed by atoms with van der Waals surface area (Å²) in [5.41, 5.74) is -0.935. The zero-order valence-corrected chi connectivity index (χ0v) is 12.6. The average Bonchev–Trinajstić information content (AvgIpc) is 3.04. The van der Waals surface area contributed by atoms with E-state index >= 15 is 0 Å². The van der Waals surface area contributed by atoms with Gasteiger partial charge in [-0.15, -0.1) is 11.3 Å². The highest BCUT2D eigenvalue weighted by molar-refractivity contribution is 7.18. The summed E-state index contributed by atoms with van der Waals surface area (Å²) in [7, 11) is 0. The van der Waals surface area contributed by atoms with Crippen molar-refractivity contribution in [3.63, 3.8) is 0 Å². The van der Waals surface area contributed by atoms with Gasteiger partial charge in [0.25, 0.3) is 5.56 Å². The van der Waals surface area contributed by atoms with E-state index in [4.69, 9.17) is 0 Å². The SMILES string of the molecule is Cc1cc2c(=O)n(CC(=O)NC3CCCC3)c(=O)[nH]c2s1. The summed E-state index contributed by atoms with van der Waals surface area (Å²) < 4.78 is 0.971. The fourth-order valence-corrected chi connectivity index (χ4v) is 3.69. The Morgan fingerprint density at radius 1 is 1.43 bits per heavy atom. The predicted molar refractivity (Wildman–Crippen MR) is 81.8 cm³/mol. The third-order valence-corrected chi connectivity index (χ3v) is 4.78. The summed E-state index contributed by atoms with van der Waals surface area (Å²) in [6.45, 7) is 1.65. The van der Waals surface area contributed by atoms with Crippen LogP contribution in [0.1, 0.15) is 30.6 Å². The molecule has 0 aliphatic heterocycles. The van der Waals surface area contributed by atoms with Crippen LogP contribution in [-0.2, 0) is 11.3 Å². The van der Waals surface area contributed by atoms with Crippen molar-refractivity contribution in [1.82, 2.24) is 14.9 Å². The molecule has 1 fully saturated rings. The Bertz CT molecular complexity index is 796. The molecule has 0 aromatic carbocycles. The first kappa shape index (κ1) is 14.1. The van der Waals surface area contributed by atoms with Crippen LogP contribution in [-0.4, -0.2) is 21.5 Å². The first-order valence-corrected chi connectivity index (χ1v) is 7.89. The van der Waals surface area contributed by atoms with Crippen molar-refractivity contribution in [2.24, 2.45) is 0 Å². The molecule has 0 radical (unpaired) electrons. The Morgan fingerprint density at radius 3 is 2.86 bits per heavy atom. The molecule has 1 aliphatic rings. The van der Waals surface area contributed by atoms with Crippen LogP contribution in [0.15, 0.2) is 15.7 Å². The van der Waals surface area contributed by atoms with Gasteiger partial charge in [0.05, 0.1) is 5.39 Å². The van der Waals surface area contributed by atoms with Gasteiger partial charge in [-0.3, -0.25) is 19.1 Å². The maximum absolute atomic E-state index is 12.3. The molecule has 2 N–H and O–H groups in total. The van der Waals surface area contributed by atoms with E-state index in [1.807, 2.05) is 6.92 Å². The number of nitrogens with one attached hydrogen (secondary N) is 2. The fourth-order valence-electron chi connectivity index (χ4n) is 2.80. The summed E-state index contributed by atoms with van der Waals surface area (Å²) >= 11 is 1.36. The number of thiophene rings is 1. The topological polar surface area (TPSA) is 84.0 Å². The van der Waals surface area contributed by atoms with Crippen molar-refractivity contribution in [2.75, 3.05) is 0 Å². The lowest BCUT2D eigenvalue weighted by atomic mass is 10.2. The van der Waals surface area contributed by atoms with E-state index in [-0.39, 0.29) is 18.5 Å². The monoisotopic (exact) mass is 307 g/mol. The van der Waals surface area contributed by atoms with Crippen LogP contribution in [0.2, 0.25) is 0 Å². The third kappa shape index (κ3) is 2.78. The normalized spacial score (nSPS) is 15.7. The van der Waals surface area contributed by atoms with Gasteiger partial charge < -0.3 is 5.32 Å². The van der Waals surface area contributed by atoms with E-state index in [0.717, 1.165) is 35.1 Å². The van der Waals surface area contributed by atoms with Crippen molar-refractivity contribution >= 4 is 27.5 Å². The predicted octanol–water partition coefficient (Wildman–Crippen LogP) is 1.12. The number of hydrogen-bond acceptors (Lipinski definition) is 4. The Balaban J connectivity index is 1.87. The molecule has 6 nitrogen and oxygen atoms in total. The van der Waals surface area contributed by atoms with Crippen molar-refractivity contribution in [3.8, 4) is 0 Å².